The fourth-order valence-corrected chi connectivity index (χ4v) is 1.03. The second-order valence-electron chi connectivity index (χ2n) is 3.41. The van der Waals surface area contributed by atoms with Crippen LogP contribution in [0.15, 0.2) is 4.52 Å². The van der Waals surface area contributed by atoms with Gasteiger partial charge in [0.1, 0.15) is 19.8 Å². The van der Waals surface area contributed by atoms with Crippen molar-refractivity contribution in [3.05, 3.63) is 11.7 Å². The maximum absolute atomic E-state index is 11.8. The van der Waals surface area contributed by atoms with Crippen molar-refractivity contribution in [1.82, 2.24) is 10.1 Å². The molecule has 1 aromatic heterocycles. The van der Waals surface area contributed by atoms with Crippen LogP contribution in [0.25, 0.3) is 0 Å². The van der Waals surface area contributed by atoms with Crippen LogP contribution in [-0.4, -0.2) is 47.2 Å². The molecule has 1 heterocycles. The molecule has 0 aliphatic heterocycles. The summed E-state index contributed by atoms with van der Waals surface area (Å²) in [5.74, 6) is -0.927. The standard InChI is InChI=1S/C9H11F3N2O5/c10-9(11,12)5-17-2-1-6-13-7(19-14-6)3-18-4-8(15)16/h1-5H2,(H,15,16). The molecule has 1 N–H and O–H groups in total. The third-order valence-electron chi connectivity index (χ3n) is 1.70. The number of aromatic nitrogens is 2. The highest BCUT2D eigenvalue weighted by Crippen LogP contribution is 2.14. The van der Waals surface area contributed by atoms with Crippen molar-refractivity contribution in [3.8, 4) is 0 Å². The Morgan fingerprint density at radius 3 is 2.74 bits per heavy atom. The van der Waals surface area contributed by atoms with Crippen LogP contribution in [-0.2, 0) is 27.3 Å². The van der Waals surface area contributed by atoms with Gasteiger partial charge in [-0.05, 0) is 0 Å². The van der Waals surface area contributed by atoms with Crippen LogP contribution in [0.1, 0.15) is 11.7 Å². The lowest BCUT2D eigenvalue weighted by molar-refractivity contribution is -0.173. The molecule has 19 heavy (non-hydrogen) atoms. The Balaban J connectivity index is 2.21. The highest BCUT2D eigenvalue weighted by Gasteiger charge is 2.27. The van der Waals surface area contributed by atoms with Gasteiger partial charge in [-0.3, -0.25) is 0 Å². The molecule has 1 rings (SSSR count). The minimum Gasteiger partial charge on any atom is -0.480 e. The summed E-state index contributed by atoms with van der Waals surface area (Å²) in [6.45, 7) is -2.22. The number of carbonyl (C=O) groups is 1. The fourth-order valence-electron chi connectivity index (χ4n) is 1.03. The summed E-state index contributed by atoms with van der Waals surface area (Å²) in [7, 11) is 0. The van der Waals surface area contributed by atoms with Crippen LogP contribution in [0.3, 0.4) is 0 Å². The summed E-state index contributed by atoms with van der Waals surface area (Å²) in [6.07, 6.45) is -4.31. The number of aliphatic carboxylic acids is 1. The number of hydrogen-bond donors (Lipinski definition) is 1. The molecule has 0 amide bonds. The van der Waals surface area contributed by atoms with E-state index in [-0.39, 0.29) is 31.3 Å². The fraction of sp³-hybridized carbons (Fsp3) is 0.667. The maximum atomic E-state index is 11.8. The zero-order valence-corrected chi connectivity index (χ0v) is 9.64. The van der Waals surface area contributed by atoms with Gasteiger partial charge in [0.05, 0.1) is 6.61 Å². The molecule has 0 unspecified atom stereocenters. The van der Waals surface area contributed by atoms with Crippen molar-refractivity contribution in [2.24, 2.45) is 0 Å². The molecule has 0 saturated heterocycles. The molecule has 1 aromatic rings. The monoisotopic (exact) mass is 284 g/mol. The Kier molecular flexibility index (Phi) is 5.70. The van der Waals surface area contributed by atoms with Crippen molar-refractivity contribution in [3.63, 3.8) is 0 Å². The van der Waals surface area contributed by atoms with E-state index in [1.165, 1.54) is 0 Å². The molecule has 0 spiro atoms. The Labute approximate surface area is 105 Å². The quantitative estimate of drug-likeness (QED) is 0.705. The van der Waals surface area contributed by atoms with Crippen molar-refractivity contribution >= 4 is 5.97 Å². The van der Waals surface area contributed by atoms with Gasteiger partial charge < -0.3 is 19.1 Å². The molecule has 0 bridgehead atoms. The van der Waals surface area contributed by atoms with Crippen molar-refractivity contribution < 1.29 is 37.1 Å². The summed E-state index contributed by atoms with van der Waals surface area (Å²) in [4.78, 5) is 13.9. The molecule has 0 saturated carbocycles. The van der Waals surface area contributed by atoms with E-state index in [0.29, 0.717) is 0 Å². The smallest absolute Gasteiger partial charge is 0.411 e. The second kappa shape index (κ2) is 7.04. The Hall–Kier alpha value is -1.68. The maximum Gasteiger partial charge on any atom is 0.411 e. The lowest BCUT2D eigenvalue weighted by atomic mass is 10.4. The predicted octanol–water partition coefficient (Wildman–Crippen LogP) is 0.792. The zero-order chi connectivity index (χ0) is 14.3. The molecule has 0 aliphatic rings. The van der Waals surface area contributed by atoms with Crippen molar-refractivity contribution in [2.75, 3.05) is 19.8 Å². The molecule has 0 atom stereocenters. The first-order chi connectivity index (χ1) is 8.87. The highest BCUT2D eigenvalue weighted by molar-refractivity contribution is 5.67. The summed E-state index contributed by atoms with van der Waals surface area (Å²) in [5, 5.41) is 11.8. The summed E-state index contributed by atoms with van der Waals surface area (Å²) >= 11 is 0. The van der Waals surface area contributed by atoms with Gasteiger partial charge in [0.15, 0.2) is 5.82 Å². The van der Waals surface area contributed by atoms with Crippen LogP contribution in [0, 0.1) is 0 Å². The molecular formula is C9H11F3N2O5. The van der Waals surface area contributed by atoms with E-state index in [1.807, 2.05) is 0 Å². The van der Waals surface area contributed by atoms with Gasteiger partial charge in [-0.25, -0.2) is 4.79 Å². The third kappa shape index (κ3) is 7.36. The first-order valence-corrected chi connectivity index (χ1v) is 5.12. The van der Waals surface area contributed by atoms with E-state index < -0.39 is 25.4 Å². The number of ether oxygens (including phenoxy) is 2. The van der Waals surface area contributed by atoms with Gasteiger partial charge in [-0.2, -0.15) is 18.2 Å². The Morgan fingerprint density at radius 2 is 2.11 bits per heavy atom. The first kappa shape index (κ1) is 15.4. The SMILES string of the molecule is O=C(O)COCc1nc(CCOCC(F)(F)F)no1. The van der Waals surface area contributed by atoms with Gasteiger partial charge in [0.25, 0.3) is 5.89 Å². The van der Waals surface area contributed by atoms with E-state index in [9.17, 15) is 18.0 Å². The summed E-state index contributed by atoms with van der Waals surface area (Å²) < 4.78 is 49.0. The normalized spacial score (nSPS) is 11.7. The topological polar surface area (TPSA) is 94.7 Å². The number of hydrogen-bond acceptors (Lipinski definition) is 6. The number of carboxylic acid groups (broad SMARTS) is 1. The molecule has 10 heteroatoms. The average molecular weight is 284 g/mol. The van der Waals surface area contributed by atoms with Crippen LogP contribution in [0.5, 0.6) is 0 Å². The van der Waals surface area contributed by atoms with Crippen LogP contribution in [0.2, 0.25) is 0 Å². The predicted molar refractivity (Wildman–Crippen MR) is 52.2 cm³/mol. The lowest BCUT2D eigenvalue weighted by Gasteiger charge is -2.05. The van der Waals surface area contributed by atoms with E-state index in [2.05, 4.69) is 24.1 Å². The van der Waals surface area contributed by atoms with Gasteiger partial charge in [-0.1, -0.05) is 5.16 Å². The van der Waals surface area contributed by atoms with Gasteiger partial charge in [-0.15, -0.1) is 0 Å². The number of halogens is 3. The van der Waals surface area contributed by atoms with Crippen molar-refractivity contribution in [2.45, 2.75) is 19.2 Å². The molecule has 0 aliphatic carbocycles. The molecular weight excluding hydrogens is 273 g/mol. The highest BCUT2D eigenvalue weighted by atomic mass is 19.4. The van der Waals surface area contributed by atoms with Gasteiger partial charge in [0.2, 0.25) is 0 Å². The molecule has 0 fully saturated rings. The number of carboxylic acids is 1. The molecule has 0 aromatic carbocycles. The average Bonchev–Trinajstić information content (AvgIpc) is 2.71. The van der Waals surface area contributed by atoms with E-state index in [4.69, 9.17) is 5.11 Å². The lowest BCUT2D eigenvalue weighted by Crippen LogP contribution is -2.18. The Morgan fingerprint density at radius 1 is 1.37 bits per heavy atom. The van der Waals surface area contributed by atoms with E-state index in [1.54, 1.807) is 0 Å². The van der Waals surface area contributed by atoms with Crippen molar-refractivity contribution in [1.29, 1.82) is 0 Å². The summed E-state index contributed by atoms with van der Waals surface area (Å²) in [6, 6.07) is 0. The minimum atomic E-state index is -4.37. The molecule has 7 nitrogen and oxygen atoms in total. The number of nitrogens with zero attached hydrogens (tertiary/aromatic N) is 2. The number of rotatable bonds is 8. The van der Waals surface area contributed by atoms with Gasteiger partial charge in [0, 0.05) is 6.42 Å². The number of alkyl halides is 3. The largest absolute Gasteiger partial charge is 0.480 e. The molecule has 108 valence electrons. The summed E-state index contributed by atoms with van der Waals surface area (Å²) in [5.41, 5.74) is 0. The minimum absolute atomic E-state index is 0.0482. The van der Waals surface area contributed by atoms with Crippen LogP contribution in [0.4, 0.5) is 13.2 Å². The Bertz CT molecular complexity index is 407. The van der Waals surface area contributed by atoms with E-state index in [0.717, 1.165) is 0 Å². The third-order valence-corrected chi connectivity index (χ3v) is 1.70. The van der Waals surface area contributed by atoms with E-state index >= 15 is 0 Å². The van der Waals surface area contributed by atoms with Gasteiger partial charge >= 0.3 is 12.1 Å². The first-order valence-electron chi connectivity index (χ1n) is 5.12. The second-order valence-corrected chi connectivity index (χ2v) is 3.41. The van der Waals surface area contributed by atoms with Crippen LogP contribution >= 0.6 is 0 Å². The molecule has 0 radical (unpaired) electrons. The van der Waals surface area contributed by atoms with Crippen LogP contribution < -0.4 is 0 Å². The zero-order valence-electron chi connectivity index (χ0n) is 9.64.